The second kappa shape index (κ2) is 12.6. The van der Waals surface area contributed by atoms with Crippen molar-refractivity contribution in [1.82, 2.24) is 9.88 Å². The molecule has 4 heterocycles. The summed E-state index contributed by atoms with van der Waals surface area (Å²) in [7, 11) is 0. The standard InChI is InChI=1S/C51H32N4OS/c1-3-14-31(15-4-1)49-52-50(32-16-5-2-6-17-32)54-51(53-49)41-24-12-23-40-39-22-11-20-34(47(39)57-48(40)41)33-28-29-37-38-21-13-27-44(46(38)56-45(37)30-33)55-42-25-9-7-18-35(42)36-19-8-10-26-43(36)55/h1-30,51H,(H,52,53,54). The average molecular weight is 749 g/mol. The lowest BCUT2D eigenvalue weighted by molar-refractivity contribution is 0.666. The van der Waals surface area contributed by atoms with Crippen LogP contribution in [0.2, 0.25) is 0 Å². The highest BCUT2D eigenvalue weighted by atomic mass is 32.1. The zero-order valence-electron chi connectivity index (χ0n) is 30.6. The number of aromatic nitrogens is 1. The lowest BCUT2D eigenvalue weighted by atomic mass is 10.0. The number of furan rings is 1. The first-order valence-electron chi connectivity index (χ1n) is 19.2. The Morgan fingerprint density at radius 3 is 1.91 bits per heavy atom. The van der Waals surface area contributed by atoms with Crippen LogP contribution in [0.4, 0.5) is 0 Å². The third kappa shape index (κ3) is 5.01. The average Bonchev–Trinajstić information content (AvgIpc) is 3.96. The lowest BCUT2D eigenvalue weighted by Gasteiger charge is -2.24. The molecule has 0 saturated heterocycles. The fourth-order valence-electron chi connectivity index (χ4n) is 8.66. The number of para-hydroxylation sites is 3. The molecule has 0 radical (unpaired) electrons. The Balaban J connectivity index is 0.995. The number of nitrogens with zero attached hydrogens (tertiary/aromatic N) is 3. The molecule has 1 N–H and O–H groups in total. The van der Waals surface area contributed by atoms with Gasteiger partial charge >= 0.3 is 0 Å². The lowest BCUT2D eigenvalue weighted by Crippen LogP contribution is -2.33. The fourth-order valence-corrected chi connectivity index (χ4v) is 10.0. The Kier molecular flexibility index (Phi) is 7.09. The highest BCUT2D eigenvalue weighted by Gasteiger charge is 2.25. The van der Waals surface area contributed by atoms with Crippen molar-refractivity contribution in [3.8, 4) is 16.8 Å². The third-order valence-electron chi connectivity index (χ3n) is 11.3. The first-order valence-corrected chi connectivity index (χ1v) is 20.0. The largest absolute Gasteiger partial charge is 0.454 e. The van der Waals surface area contributed by atoms with Crippen molar-refractivity contribution in [3.63, 3.8) is 0 Å². The Morgan fingerprint density at radius 1 is 0.509 bits per heavy atom. The van der Waals surface area contributed by atoms with E-state index < -0.39 is 0 Å². The van der Waals surface area contributed by atoms with E-state index in [1.807, 2.05) is 47.7 Å². The maximum absolute atomic E-state index is 6.88. The molecule has 8 aromatic carbocycles. The minimum absolute atomic E-state index is 0.316. The normalized spacial score (nSPS) is 14.5. The van der Waals surface area contributed by atoms with Gasteiger partial charge in [-0.15, -0.1) is 11.3 Å². The zero-order valence-corrected chi connectivity index (χ0v) is 31.4. The van der Waals surface area contributed by atoms with Gasteiger partial charge in [-0.25, -0.2) is 9.98 Å². The van der Waals surface area contributed by atoms with Gasteiger partial charge in [-0.3, -0.25) is 0 Å². The van der Waals surface area contributed by atoms with Crippen LogP contribution in [0.25, 0.3) is 80.7 Å². The number of nitrogens with one attached hydrogen (secondary N) is 1. The van der Waals surface area contributed by atoms with Crippen LogP contribution in [0.1, 0.15) is 22.9 Å². The van der Waals surface area contributed by atoms with Gasteiger partial charge in [0.05, 0.1) is 16.7 Å². The molecule has 12 rings (SSSR count). The second-order valence-electron chi connectivity index (χ2n) is 14.5. The Bertz CT molecular complexity index is 3390. The van der Waals surface area contributed by atoms with Crippen molar-refractivity contribution in [1.29, 1.82) is 0 Å². The summed E-state index contributed by atoms with van der Waals surface area (Å²) in [6.07, 6.45) is -0.316. The van der Waals surface area contributed by atoms with E-state index in [-0.39, 0.29) is 6.17 Å². The van der Waals surface area contributed by atoms with Crippen LogP contribution in [0.3, 0.4) is 0 Å². The van der Waals surface area contributed by atoms with Crippen LogP contribution < -0.4 is 5.32 Å². The van der Waals surface area contributed by atoms with Gasteiger partial charge in [0.2, 0.25) is 0 Å². The summed E-state index contributed by atoms with van der Waals surface area (Å²) in [6.45, 7) is 0. The van der Waals surface area contributed by atoms with Gasteiger partial charge in [0.1, 0.15) is 17.6 Å². The SMILES string of the molecule is c1ccc(C2=NC(c3cccc4c3sc3c(-c5ccc6c(c5)oc5c(-n7c8ccccc8c8ccccc87)cccc56)cccc34)NC(c3ccccc3)=N2)cc1. The van der Waals surface area contributed by atoms with Gasteiger partial charge in [-0.05, 0) is 41.5 Å². The number of fused-ring (bicyclic) bond motifs is 9. The van der Waals surface area contributed by atoms with Crippen molar-refractivity contribution in [2.45, 2.75) is 6.17 Å². The van der Waals surface area contributed by atoms with Gasteiger partial charge in [0, 0.05) is 58.4 Å². The molecule has 6 heteroatoms. The van der Waals surface area contributed by atoms with Crippen LogP contribution in [0.5, 0.6) is 0 Å². The predicted octanol–water partition coefficient (Wildman–Crippen LogP) is 13.2. The van der Waals surface area contributed by atoms with Crippen molar-refractivity contribution in [2.24, 2.45) is 9.98 Å². The highest BCUT2D eigenvalue weighted by Crippen LogP contribution is 2.45. The molecule has 1 aliphatic rings. The molecular formula is C51H32N4OS. The van der Waals surface area contributed by atoms with Gasteiger partial charge in [0.15, 0.2) is 11.4 Å². The molecule has 0 amide bonds. The van der Waals surface area contributed by atoms with E-state index in [4.69, 9.17) is 14.4 Å². The molecule has 11 aromatic rings. The molecule has 1 aliphatic heterocycles. The number of rotatable bonds is 5. The van der Waals surface area contributed by atoms with Crippen LogP contribution in [0, 0.1) is 0 Å². The van der Waals surface area contributed by atoms with Crippen LogP contribution in [0.15, 0.2) is 196 Å². The number of thiophene rings is 1. The monoisotopic (exact) mass is 748 g/mol. The summed E-state index contributed by atoms with van der Waals surface area (Å²) in [5.74, 6) is 1.53. The van der Waals surface area contributed by atoms with E-state index in [1.54, 1.807) is 0 Å². The van der Waals surface area contributed by atoms with E-state index >= 15 is 0 Å². The summed E-state index contributed by atoms with van der Waals surface area (Å²) >= 11 is 1.83. The molecule has 0 saturated carbocycles. The maximum atomic E-state index is 6.88. The Hall–Kier alpha value is -7.28. The van der Waals surface area contributed by atoms with Gasteiger partial charge in [-0.2, -0.15) is 0 Å². The number of aliphatic imine (C=N–C) groups is 2. The molecule has 57 heavy (non-hydrogen) atoms. The summed E-state index contributed by atoms with van der Waals surface area (Å²) in [5, 5.41) is 10.8. The molecule has 3 aromatic heterocycles. The van der Waals surface area contributed by atoms with Crippen LogP contribution in [-0.2, 0) is 0 Å². The van der Waals surface area contributed by atoms with Crippen LogP contribution in [-0.4, -0.2) is 16.2 Å². The van der Waals surface area contributed by atoms with Crippen molar-refractivity contribution in [3.05, 3.63) is 199 Å². The minimum atomic E-state index is -0.316. The van der Waals surface area contributed by atoms with E-state index in [0.717, 1.165) is 72.6 Å². The molecule has 1 unspecified atom stereocenters. The summed E-state index contributed by atoms with van der Waals surface area (Å²) in [5.41, 5.74) is 10.6. The number of benzene rings is 8. The fraction of sp³-hybridized carbons (Fsp3) is 0.0196. The number of hydrogen-bond donors (Lipinski definition) is 1. The molecule has 5 nitrogen and oxygen atoms in total. The van der Waals surface area contributed by atoms with E-state index in [0.29, 0.717) is 0 Å². The maximum Gasteiger partial charge on any atom is 0.159 e. The number of amidine groups is 2. The van der Waals surface area contributed by atoms with Crippen molar-refractivity contribution >= 4 is 86.9 Å². The van der Waals surface area contributed by atoms with E-state index in [9.17, 15) is 0 Å². The van der Waals surface area contributed by atoms with E-state index in [1.165, 1.54) is 36.5 Å². The molecule has 0 aliphatic carbocycles. The van der Waals surface area contributed by atoms with Crippen LogP contribution >= 0.6 is 11.3 Å². The molecule has 268 valence electrons. The Morgan fingerprint density at radius 2 is 1.14 bits per heavy atom. The predicted molar refractivity (Wildman–Crippen MR) is 238 cm³/mol. The zero-order chi connectivity index (χ0) is 37.5. The first-order chi connectivity index (χ1) is 28.3. The molecule has 0 fully saturated rings. The van der Waals surface area contributed by atoms with Gasteiger partial charge in [-0.1, -0.05) is 152 Å². The van der Waals surface area contributed by atoms with Crippen molar-refractivity contribution in [2.75, 3.05) is 0 Å². The smallest absolute Gasteiger partial charge is 0.159 e. The number of hydrogen-bond acceptors (Lipinski definition) is 5. The third-order valence-corrected chi connectivity index (χ3v) is 12.6. The quantitative estimate of drug-likeness (QED) is 0.191. The molecular weight excluding hydrogens is 717 g/mol. The highest BCUT2D eigenvalue weighted by molar-refractivity contribution is 7.26. The topological polar surface area (TPSA) is 54.8 Å². The summed E-state index contributed by atoms with van der Waals surface area (Å²) in [4.78, 5) is 10.2. The summed E-state index contributed by atoms with van der Waals surface area (Å²) in [6, 6.07) is 64.2. The van der Waals surface area contributed by atoms with Gasteiger partial charge in [0.25, 0.3) is 0 Å². The van der Waals surface area contributed by atoms with Gasteiger partial charge < -0.3 is 14.3 Å². The van der Waals surface area contributed by atoms with E-state index in [2.05, 4.69) is 155 Å². The van der Waals surface area contributed by atoms with Crippen molar-refractivity contribution < 1.29 is 4.42 Å². The summed E-state index contributed by atoms with van der Waals surface area (Å²) < 4.78 is 11.7. The minimum Gasteiger partial charge on any atom is -0.454 e. The Labute approximate surface area is 331 Å². The first kappa shape index (κ1) is 32.0. The second-order valence-corrected chi connectivity index (χ2v) is 15.6. The molecule has 1 atom stereocenters. The molecule has 0 spiro atoms. The molecule has 0 bridgehead atoms.